The van der Waals surface area contributed by atoms with E-state index >= 15 is 0 Å². The third kappa shape index (κ3) is 1.67. The first-order chi connectivity index (χ1) is 8.63. The molecule has 2 N–H and O–H groups in total. The lowest BCUT2D eigenvalue weighted by atomic mass is 10.2. The molecule has 0 aliphatic rings. The van der Waals surface area contributed by atoms with Crippen LogP contribution in [0.4, 0.5) is 14.5 Å². The molecule has 3 aromatic rings. The Morgan fingerprint density at radius 2 is 1.94 bits per heavy atom. The number of benzene rings is 1. The largest absolute Gasteiger partial charge is 0.434 e. The summed E-state index contributed by atoms with van der Waals surface area (Å²) in [4.78, 5) is 8.04. The average molecular weight is 247 g/mol. The van der Waals surface area contributed by atoms with Crippen LogP contribution in [0.15, 0.2) is 34.9 Å². The van der Waals surface area contributed by atoms with E-state index in [1.807, 2.05) is 0 Å². The van der Waals surface area contributed by atoms with Crippen LogP contribution < -0.4 is 5.73 Å². The van der Waals surface area contributed by atoms with Crippen LogP contribution in [-0.4, -0.2) is 9.97 Å². The van der Waals surface area contributed by atoms with E-state index < -0.39 is 11.6 Å². The number of oxazole rings is 1. The molecule has 0 atom stereocenters. The van der Waals surface area contributed by atoms with Crippen molar-refractivity contribution in [1.29, 1.82) is 0 Å². The number of hydrogen-bond donors (Lipinski definition) is 1. The maximum atomic E-state index is 13.1. The minimum absolute atomic E-state index is 0.169. The molecule has 0 bridgehead atoms. The Hall–Kier alpha value is -2.50. The maximum absolute atomic E-state index is 13.1. The molecule has 6 heteroatoms. The van der Waals surface area contributed by atoms with E-state index in [0.29, 0.717) is 22.5 Å². The first-order valence-corrected chi connectivity index (χ1v) is 5.11. The molecule has 90 valence electrons. The van der Waals surface area contributed by atoms with Crippen LogP contribution in [0, 0.1) is 11.6 Å². The van der Waals surface area contributed by atoms with Crippen LogP contribution in [0.2, 0.25) is 0 Å². The molecule has 0 saturated carbocycles. The van der Waals surface area contributed by atoms with Crippen molar-refractivity contribution >= 4 is 16.9 Å². The van der Waals surface area contributed by atoms with E-state index in [9.17, 15) is 8.78 Å². The van der Waals surface area contributed by atoms with Gasteiger partial charge in [-0.25, -0.2) is 13.8 Å². The van der Waals surface area contributed by atoms with Gasteiger partial charge >= 0.3 is 0 Å². The van der Waals surface area contributed by atoms with Crippen LogP contribution in [0.5, 0.6) is 0 Å². The fourth-order valence-electron chi connectivity index (χ4n) is 1.59. The van der Waals surface area contributed by atoms with E-state index in [1.54, 1.807) is 6.07 Å². The molecular weight excluding hydrogens is 240 g/mol. The molecule has 18 heavy (non-hydrogen) atoms. The van der Waals surface area contributed by atoms with Gasteiger partial charge < -0.3 is 10.2 Å². The highest BCUT2D eigenvalue weighted by molar-refractivity contribution is 5.75. The molecule has 0 unspecified atom stereocenters. The molecule has 0 aliphatic heterocycles. The Morgan fingerprint density at radius 3 is 2.72 bits per heavy atom. The normalized spacial score (nSPS) is 11.0. The van der Waals surface area contributed by atoms with Gasteiger partial charge in [0, 0.05) is 11.6 Å². The second kappa shape index (κ2) is 3.76. The number of anilines is 1. The summed E-state index contributed by atoms with van der Waals surface area (Å²) in [6, 6.07) is 4.98. The second-order valence-corrected chi connectivity index (χ2v) is 3.74. The van der Waals surface area contributed by atoms with Gasteiger partial charge in [0.25, 0.3) is 0 Å². The molecule has 0 aliphatic carbocycles. The highest BCUT2D eigenvalue weighted by Gasteiger charge is 2.11. The zero-order valence-electron chi connectivity index (χ0n) is 9.02. The topological polar surface area (TPSA) is 64.9 Å². The molecule has 3 rings (SSSR count). The van der Waals surface area contributed by atoms with Gasteiger partial charge in [0.15, 0.2) is 22.9 Å². The highest BCUT2D eigenvalue weighted by atomic mass is 19.2. The number of halogens is 2. The van der Waals surface area contributed by atoms with E-state index in [2.05, 4.69) is 9.97 Å². The SMILES string of the molecule is Nc1cnc2nc(-c3ccc(F)c(F)c3)oc2c1. The van der Waals surface area contributed by atoms with Gasteiger partial charge in [0.05, 0.1) is 11.9 Å². The van der Waals surface area contributed by atoms with Crippen molar-refractivity contribution in [2.75, 3.05) is 5.73 Å². The summed E-state index contributed by atoms with van der Waals surface area (Å²) in [5.74, 6) is -1.71. The fraction of sp³-hybridized carbons (Fsp3) is 0. The molecule has 0 amide bonds. The molecule has 0 radical (unpaired) electrons. The van der Waals surface area contributed by atoms with E-state index in [0.717, 1.165) is 12.1 Å². The van der Waals surface area contributed by atoms with E-state index in [1.165, 1.54) is 12.3 Å². The van der Waals surface area contributed by atoms with Crippen LogP contribution in [0.3, 0.4) is 0 Å². The van der Waals surface area contributed by atoms with Crippen molar-refractivity contribution in [3.63, 3.8) is 0 Å². The molecule has 0 spiro atoms. The van der Waals surface area contributed by atoms with Crippen molar-refractivity contribution in [3.05, 3.63) is 42.1 Å². The lowest BCUT2D eigenvalue weighted by Crippen LogP contribution is -1.86. The maximum Gasteiger partial charge on any atom is 0.228 e. The van der Waals surface area contributed by atoms with Gasteiger partial charge in [0.1, 0.15) is 0 Å². The summed E-state index contributed by atoms with van der Waals surface area (Å²) in [6.45, 7) is 0. The summed E-state index contributed by atoms with van der Waals surface area (Å²) in [6.07, 6.45) is 1.44. The number of nitrogens with zero attached hydrogens (tertiary/aromatic N) is 2. The van der Waals surface area contributed by atoms with Crippen LogP contribution in [0.25, 0.3) is 22.7 Å². The lowest BCUT2D eigenvalue weighted by molar-refractivity contribution is 0.508. The van der Waals surface area contributed by atoms with Crippen molar-refractivity contribution in [2.45, 2.75) is 0 Å². The quantitative estimate of drug-likeness (QED) is 0.718. The first-order valence-electron chi connectivity index (χ1n) is 5.11. The lowest BCUT2D eigenvalue weighted by Gasteiger charge is -1.95. The third-order valence-corrected chi connectivity index (χ3v) is 2.43. The van der Waals surface area contributed by atoms with Gasteiger partial charge in [0.2, 0.25) is 5.89 Å². The van der Waals surface area contributed by atoms with Gasteiger partial charge in [-0.2, -0.15) is 4.98 Å². The predicted molar refractivity (Wildman–Crippen MR) is 61.6 cm³/mol. The van der Waals surface area contributed by atoms with Gasteiger partial charge in [-0.1, -0.05) is 0 Å². The van der Waals surface area contributed by atoms with E-state index in [4.69, 9.17) is 10.2 Å². The minimum atomic E-state index is -0.956. The van der Waals surface area contributed by atoms with Gasteiger partial charge in [-0.05, 0) is 18.2 Å². The fourth-order valence-corrected chi connectivity index (χ4v) is 1.59. The first kappa shape index (κ1) is 10.6. The number of aromatic nitrogens is 2. The second-order valence-electron chi connectivity index (χ2n) is 3.74. The summed E-state index contributed by atoms with van der Waals surface area (Å²) >= 11 is 0. The number of hydrogen-bond acceptors (Lipinski definition) is 4. The van der Waals surface area contributed by atoms with Crippen LogP contribution >= 0.6 is 0 Å². The Morgan fingerprint density at radius 1 is 1.11 bits per heavy atom. The predicted octanol–water partition coefficient (Wildman–Crippen LogP) is 2.75. The van der Waals surface area contributed by atoms with Crippen molar-refractivity contribution in [1.82, 2.24) is 9.97 Å². The minimum Gasteiger partial charge on any atom is -0.434 e. The molecule has 1 aromatic carbocycles. The molecular formula is C12H7F2N3O. The summed E-state index contributed by atoms with van der Waals surface area (Å²) in [7, 11) is 0. The summed E-state index contributed by atoms with van der Waals surface area (Å²) in [5, 5.41) is 0. The molecule has 4 nitrogen and oxygen atoms in total. The Kier molecular flexibility index (Phi) is 2.22. The molecule has 2 heterocycles. The summed E-state index contributed by atoms with van der Waals surface area (Å²) < 4.78 is 31.3. The van der Waals surface area contributed by atoms with Crippen molar-refractivity contribution in [2.24, 2.45) is 0 Å². The summed E-state index contributed by atoms with van der Waals surface area (Å²) in [5.41, 5.74) is 7.10. The standard InChI is InChI=1S/C12H7F2N3O/c13-8-2-1-6(3-9(8)14)12-17-11-10(18-12)4-7(15)5-16-11/h1-5H,15H2. The molecule has 2 aromatic heterocycles. The average Bonchev–Trinajstić information content (AvgIpc) is 2.75. The van der Waals surface area contributed by atoms with Crippen LogP contribution in [-0.2, 0) is 0 Å². The Labute approximate surface area is 100 Å². The number of rotatable bonds is 1. The highest BCUT2D eigenvalue weighted by Crippen LogP contribution is 2.25. The van der Waals surface area contributed by atoms with Gasteiger partial charge in [-0.3, -0.25) is 0 Å². The van der Waals surface area contributed by atoms with Crippen molar-refractivity contribution < 1.29 is 13.2 Å². The Balaban J connectivity index is 2.16. The Bertz CT molecular complexity index is 739. The monoisotopic (exact) mass is 247 g/mol. The van der Waals surface area contributed by atoms with Crippen LogP contribution in [0.1, 0.15) is 0 Å². The molecule has 0 fully saturated rings. The van der Waals surface area contributed by atoms with E-state index in [-0.39, 0.29) is 5.89 Å². The van der Waals surface area contributed by atoms with Crippen molar-refractivity contribution in [3.8, 4) is 11.5 Å². The number of nitrogens with two attached hydrogens (primary N) is 1. The zero-order chi connectivity index (χ0) is 12.7. The number of nitrogen functional groups attached to an aromatic ring is 1. The third-order valence-electron chi connectivity index (χ3n) is 2.43. The number of fused-ring (bicyclic) bond motifs is 1. The molecule has 0 saturated heterocycles. The number of pyridine rings is 1. The van der Waals surface area contributed by atoms with Gasteiger partial charge in [-0.15, -0.1) is 0 Å². The smallest absolute Gasteiger partial charge is 0.228 e. The zero-order valence-corrected chi connectivity index (χ0v) is 9.02.